The van der Waals surface area contributed by atoms with Crippen molar-refractivity contribution in [1.29, 1.82) is 0 Å². The molecular formula is C9H10O4. The molecule has 0 heterocycles. The Morgan fingerprint density at radius 3 is 2.31 bits per heavy atom. The van der Waals surface area contributed by atoms with Crippen LogP contribution in [0.25, 0.3) is 5.57 Å². The lowest BCUT2D eigenvalue weighted by atomic mass is 10.1. The van der Waals surface area contributed by atoms with Gasteiger partial charge in [-0.15, -0.1) is 0 Å². The van der Waals surface area contributed by atoms with Gasteiger partial charge in [0.25, 0.3) is 5.95 Å². The monoisotopic (exact) mass is 182 g/mol. The highest BCUT2D eigenvalue weighted by Crippen LogP contribution is 2.33. The van der Waals surface area contributed by atoms with Crippen molar-refractivity contribution in [2.75, 3.05) is 0 Å². The number of rotatable bonds is 1. The zero-order valence-electron chi connectivity index (χ0n) is 7.02. The third-order valence-electron chi connectivity index (χ3n) is 1.75. The molecule has 0 aromatic heterocycles. The van der Waals surface area contributed by atoms with Crippen molar-refractivity contribution in [2.45, 2.75) is 6.92 Å². The third-order valence-corrected chi connectivity index (χ3v) is 1.75. The first-order valence-electron chi connectivity index (χ1n) is 3.64. The summed E-state index contributed by atoms with van der Waals surface area (Å²) < 4.78 is 0. The second-order valence-electron chi connectivity index (χ2n) is 2.62. The van der Waals surface area contributed by atoms with E-state index in [1.54, 1.807) is 0 Å². The molecule has 1 aromatic rings. The van der Waals surface area contributed by atoms with E-state index in [0.717, 1.165) is 0 Å². The molecule has 0 saturated heterocycles. The van der Waals surface area contributed by atoms with E-state index in [1.807, 2.05) is 0 Å². The summed E-state index contributed by atoms with van der Waals surface area (Å²) in [6, 6.07) is 4.27. The molecule has 0 radical (unpaired) electrons. The highest BCUT2D eigenvalue weighted by atomic mass is 16.5. The van der Waals surface area contributed by atoms with E-state index in [-0.39, 0.29) is 22.6 Å². The number of benzene rings is 1. The van der Waals surface area contributed by atoms with Crippen molar-refractivity contribution in [3.05, 3.63) is 29.7 Å². The standard InChI is InChI=1S/C9H10O4/c1-5(9(12)13)6-3-2-4-7(10)8(6)11/h2-4,10-13H,1H3. The largest absolute Gasteiger partial charge is 0.504 e. The Bertz CT molecular complexity index is 351. The van der Waals surface area contributed by atoms with Crippen molar-refractivity contribution >= 4 is 5.57 Å². The van der Waals surface area contributed by atoms with Gasteiger partial charge in [0, 0.05) is 11.1 Å². The molecule has 4 N–H and O–H groups in total. The predicted octanol–water partition coefficient (Wildman–Crippen LogP) is 1.90. The molecular weight excluding hydrogens is 172 g/mol. The fraction of sp³-hybridized carbons (Fsp3) is 0.111. The molecule has 70 valence electrons. The van der Waals surface area contributed by atoms with Gasteiger partial charge in [-0.05, 0) is 13.0 Å². The average molecular weight is 182 g/mol. The Morgan fingerprint density at radius 2 is 1.77 bits per heavy atom. The minimum absolute atomic E-state index is 0.105. The molecule has 0 fully saturated rings. The van der Waals surface area contributed by atoms with E-state index in [2.05, 4.69) is 0 Å². The summed E-state index contributed by atoms with van der Waals surface area (Å²) in [6.45, 7) is 1.42. The maximum atomic E-state index is 9.31. The van der Waals surface area contributed by atoms with Gasteiger partial charge in [-0.3, -0.25) is 0 Å². The van der Waals surface area contributed by atoms with Crippen LogP contribution in [0.4, 0.5) is 0 Å². The highest BCUT2D eigenvalue weighted by molar-refractivity contribution is 5.71. The van der Waals surface area contributed by atoms with E-state index < -0.39 is 5.95 Å². The molecule has 13 heavy (non-hydrogen) atoms. The first-order valence-corrected chi connectivity index (χ1v) is 3.64. The molecule has 0 spiro atoms. The fourth-order valence-corrected chi connectivity index (χ4v) is 0.954. The van der Waals surface area contributed by atoms with Gasteiger partial charge in [0.2, 0.25) is 0 Å². The van der Waals surface area contributed by atoms with Crippen LogP contribution in [0.5, 0.6) is 11.5 Å². The van der Waals surface area contributed by atoms with Crippen LogP contribution in [0.15, 0.2) is 24.1 Å². The third kappa shape index (κ3) is 1.66. The van der Waals surface area contributed by atoms with Crippen LogP contribution < -0.4 is 0 Å². The summed E-state index contributed by atoms with van der Waals surface area (Å²) in [5.74, 6) is -1.53. The van der Waals surface area contributed by atoms with Gasteiger partial charge < -0.3 is 20.4 Å². The normalized spacial score (nSPS) is 9.62. The minimum Gasteiger partial charge on any atom is -0.504 e. The van der Waals surface area contributed by atoms with E-state index in [1.165, 1.54) is 25.1 Å². The molecule has 4 heteroatoms. The summed E-state index contributed by atoms with van der Waals surface area (Å²) in [5.41, 5.74) is 0.299. The maximum Gasteiger partial charge on any atom is 0.277 e. The van der Waals surface area contributed by atoms with Crippen molar-refractivity contribution in [3.8, 4) is 11.5 Å². The molecule has 1 aromatic carbocycles. The highest BCUT2D eigenvalue weighted by Gasteiger charge is 2.10. The van der Waals surface area contributed by atoms with Gasteiger partial charge >= 0.3 is 0 Å². The maximum absolute atomic E-state index is 9.31. The number of hydrogen-bond donors (Lipinski definition) is 4. The molecule has 0 aliphatic rings. The number of aliphatic hydroxyl groups excluding tert-OH is 1. The quantitative estimate of drug-likeness (QED) is 0.395. The molecule has 4 nitrogen and oxygen atoms in total. The molecule has 0 aliphatic carbocycles. The smallest absolute Gasteiger partial charge is 0.277 e. The number of hydrogen-bond acceptors (Lipinski definition) is 4. The Morgan fingerprint density at radius 1 is 1.15 bits per heavy atom. The molecule has 0 bridgehead atoms. The van der Waals surface area contributed by atoms with Crippen molar-refractivity contribution in [3.63, 3.8) is 0 Å². The van der Waals surface area contributed by atoms with Gasteiger partial charge in [-0.25, -0.2) is 0 Å². The van der Waals surface area contributed by atoms with Crippen LogP contribution in [-0.4, -0.2) is 20.4 Å². The minimum atomic E-state index is -0.874. The van der Waals surface area contributed by atoms with Gasteiger partial charge in [-0.1, -0.05) is 12.1 Å². The summed E-state index contributed by atoms with van der Waals surface area (Å²) in [7, 11) is 0. The molecule has 1 rings (SSSR count). The van der Waals surface area contributed by atoms with Crippen molar-refractivity contribution < 1.29 is 20.4 Å². The van der Waals surface area contributed by atoms with Crippen LogP contribution in [0.1, 0.15) is 12.5 Å². The van der Waals surface area contributed by atoms with Crippen molar-refractivity contribution in [2.24, 2.45) is 0 Å². The van der Waals surface area contributed by atoms with E-state index in [9.17, 15) is 5.11 Å². The Hall–Kier alpha value is -1.84. The lowest BCUT2D eigenvalue weighted by Crippen LogP contribution is -1.87. The number of phenolic OH excluding ortho intramolecular Hbond substituents is 2. The molecule has 0 amide bonds. The number of aromatic hydroxyl groups is 2. The van der Waals surface area contributed by atoms with Gasteiger partial charge in [-0.2, -0.15) is 0 Å². The molecule has 0 aliphatic heterocycles. The lowest BCUT2D eigenvalue weighted by Gasteiger charge is -2.05. The van der Waals surface area contributed by atoms with Crippen molar-refractivity contribution in [1.82, 2.24) is 0 Å². The van der Waals surface area contributed by atoms with Crippen LogP contribution >= 0.6 is 0 Å². The zero-order chi connectivity index (χ0) is 10.0. The van der Waals surface area contributed by atoms with Gasteiger partial charge in [0.1, 0.15) is 0 Å². The Kier molecular flexibility index (Phi) is 2.32. The van der Waals surface area contributed by atoms with Crippen LogP contribution in [0, 0.1) is 0 Å². The first-order chi connectivity index (χ1) is 6.04. The van der Waals surface area contributed by atoms with Crippen LogP contribution in [0.2, 0.25) is 0 Å². The Balaban J connectivity index is 3.32. The fourth-order valence-electron chi connectivity index (χ4n) is 0.954. The molecule has 0 atom stereocenters. The Labute approximate surface area is 75.0 Å². The van der Waals surface area contributed by atoms with E-state index >= 15 is 0 Å². The first kappa shape index (κ1) is 9.25. The van der Waals surface area contributed by atoms with E-state index in [0.29, 0.717) is 0 Å². The predicted molar refractivity (Wildman–Crippen MR) is 47.6 cm³/mol. The molecule has 0 unspecified atom stereocenters. The molecule has 0 saturated carbocycles. The summed E-state index contributed by atoms with van der Waals surface area (Å²) in [5, 5.41) is 35.9. The van der Waals surface area contributed by atoms with Gasteiger partial charge in [0.05, 0.1) is 0 Å². The summed E-state index contributed by atoms with van der Waals surface area (Å²) in [6.07, 6.45) is 0. The topological polar surface area (TPSA) is 80.9 Å². The van der Waals surface area contributed by atoms with Gasteiger partial charge in [0.15, 0.2) is 11.5 Å². The van der Waals surface area contributed by atoms with Crippen LogP contribution in [0.3, 0.4) is 0 Å². The SMILES string of the molecule is CC(=C(O)O)c1cccc(O)c1O. The second-order valence-corrected chi connectivity index (χ2v) is 2.62. The number of phenols is 2. The second kappa shape index (κ2) is 3.26. The zero-order valence-corrected chi connectivity index (χ0v) is 7.02. The summed E-state index contributed by atoms with van der Waals surface area (Å²) in [4.78, 5) is 0. The number of aliphatic hydroxyl groups is 2. The number of allylic oxidation sites excluding steroid dienone is 1. The lowest BCUT2D eigenvalue weighted by molar-refractivity contribution is 0.194. The van der Waals surface area contributed by atoms with Crippen LogP contribution in [-0.2, 0) is 0 Å². The van der Waals surface area contributed by atoms with E-state index in [4.69, 9.17) is 15.3 Å². The average Bonchev–Trinajstić information content (AvgIpc) is 2.08. The number of para-hydroxylation sites is 1. The summed E-state index contributed by atoms with van der Waals surface area (Å²) >= 11 is 0.